The Hall–Kier alpha value is -1.44. The predicted octanol–water partition coefficient (Wildman–Crippen LogP) is 2.30. The van der Waals surface area contributed by atoms with Crippen LogP contribution in [0.3, 0.4) is 0 Å². The zero-order valence-electron chi connectivity index (χ0n) is 7.99. The molecular formula is C10H11N2+. The predicted molar refractivity (Wildman–Crippen MR) is 50.0 cm³/mol. The number of aromatic nitrogens is 2. The van der Waals surface area contributed by atoms with Crippen molar-refractivity contribution < 1.29 is 1.43 Å². The van der Waals surface area contributed by atoms with Gasteiger partial charge in [0.1, 0.15) is 0 Å². The third-order valence-electron chi connectivity index (χ3n) is 1.91. The van der Waals surface area contributed by atoms with Crippen LogP contribution in [-0.2, 0) is 6.42 Å². The zero-order chi connectivity index (χ0) is 8.39. The third-order valence-corrected chi connectivity index (χ3v) is 1.91. The second-order valence-electron chi connectivity index (χ2n) is 2.73. The lowest BCUT2D eigenvalue weighted by Gasteiger charge is -1.97. The van der Waals surface area contributed by atoms with Gasteiger partial charge in [-0.1, -0.05) is 13.0 Å². The van der Waals surface area contributed by atoms with Crippen LogP contribution in [0.15, 0.2) is 30.6 Å². The van der Waals surface area contributed by atoms with E-state index in [9.17, 15) is 0 Å². The number of fused-ring (bicyclic) bond motifs is 1. The maximum atomic E-state index is 4.26. The van der Waals surface area contributed by atoms with Gasteiger partial charge in [-0.15, -0.1) is 0 Å². The highest BCUT2D eigenvalue weighted by molar-refractivity contribution is 5.77. The van der Waals surface area contributed by atoms with E-state index in [-0.39, 0.29) is 1.43 Å². The quantitative estimate of drug-likeness (QED) is 0.638. The fourth-order valence-electron chi connectivity index (χ4n) is 1.21. The molecule has 12 heavy (non-hydrogen) atoms. The largest absolute Gasteiger partial charge is 1.00 e. The van der Waals surface area contributed by atoms with Crippen molar-refractivity contribution in [2.24, 2.45) is 0 Å². The first-order valence-corrected chi connectivity index (χ1v) is 4.10. The molecule has 0 saturated carbocycles. The van der Waals surface area contributed by atoms with Gasteiger partial charge < -0.3 is 0 Å². The van der Waals surface area contributed by atoms with Crippen molar-refractivity contribution in [1.82, 2.24) is 9.97 Å². The highest BCUT2D eigenvalue weighted by Crippen LogP contribution is 2.10. The first-order chi connectivity index (χ1) is 5.90. The molecule has 0 N–H and O–H groups in total. The minimum atomic E-state index is 0. The molecule has 60 valence electrons. The molecule has 0 saturated heterocycles. The Labute approximate surface area is 72.8 Å². The van der Waals surface area contributed by atoms with Crippen molar-refractivity contribution >= 4 is 10.9 Å². The number of hydrogen-bond acceptors (Lipinski definition) is 2. The lowest BCUT2D eigenvalue weighted by Crippen LogP contribution is -1.87. The minimum absolute atomic E-state index is 0. The standard InChI is InChI=1S/C10H10N2/c1-2-9-6-8-4-3-5-11-10(8)7-12-9/h3-7H,2H2,1H3/p+1. The summed E-state index contributed by atoms with van der Waals surface area (Å²) in [6.45, 7) is 2.10. The van der Waals surface area contributed by atoms with Gasteiger partial charge in [0, 0.05) is 17.3 Å². The zero-order valence-corrected chi connectivity index (χ0v) is 6.99. The first kappa shape index (κ1) is 7.22. The van der Waals surface area contributed by atoms with Gasteiger partial charge in [-0.3, -0.25) is 9.97 Å². The summed E-state index contributed by atoms with van der Waals surface area (Å²) in [7, 11) is 0. The summed E-state index contributed by atoms with van der Waals surface area (Å²) in [4.78, 5) is 8.46. The van der Waals surface area contributed by atoms with E-state index in [1.807, 2.05) is 12.3 Å². The van der Waals surface area contributed by atoms with Gasteiger partial charge in [-0.25, -0.2) is 0 Å². The fourth-order valence-corrected chi connectivity index (χ4v) is 1.21. The summed E-state index contributed by atoms with van der Waals surface area (Å²) in [5, 5.41) is 1.17. The molecule has 0 fully saturated rings. The van der Waals surface area contributed by atoms with Crippen molar-refractivity contribution in [2.45, 2.75) is 13.3 Å². The third kappa shape index (κ3) is 1.16. The SMILES string of the molecule is CCc1cc2cccnc2cn1.[H+]. The highest BCUT2D eigenvalue weighted by atomic mass is 14.7. The smallest absolute Gasteiger partial charge is 0.259 e. The maximum Gasteiger partial charge on any atom is 1.00 e. The summed E-state index contributed by atoms with van der Waals surface area (Å²) in [5.41, 5.74) is 2.09. The summed E-state index contributed by atoms with van der Waals surface area (Å²) in [6, 6.07) is 6.09. The molecule has 2 heterocycles. The molecule has 0 bridgehead atoms. The van der Waals surface area contributed by atoms with Crippen LogP contribution in [0.4, 0.5) is 0 Å². The van der Waals surface area contributed by atoms with Gasteiger partial charge in [0.2, 0.25) is 0 Å². The van der Waals surface area contributed by atoms with Crippen LogP contribution in [-0.4, -0.2) is 9.97 Å². The normalized spacial score (nSPS) is 10.4. The summed E-state index contributed by atoms with van der Waals surface area (Å²) in [6.07, 6.45) is 4.59. The Bertz CT molecular complexity index is 401. The van der Waals surface area contributed by atoms with E-state index in [1.165, 1.54) is 5.39 Å². The van der Waals surface area contributed by atoms with E-state index in [0.717, 1.165) is 17.6 Å². The fraction of sp³-hybridized carbons (Fsp3) is 0.200. The van der Waals surface area contributed by atoms with E-state index < -0.39 is 0 Å². The molecule has 2 nitrogen and oxygen atoms in total. The Kier molecular flexibility index (Phi) is 1.74. The van der Waals surface area contributed by atoms with Crippen molar-refractivity contribution in [3.63, 3.8) is 0 Å². The minimum Gasteiger partial charge on any atom is -0.259 e. The Balaban J connectivity index is 0.000000845. The highest BCUT2D eigenvalue weighted by Gasteiger charge is 1.94. The molecule has 0 unspecified atom stereocenters. The average molecular weight is 159 g/mol. The van der Waals surface area contributed by atoms with Crippen molar-refractivity contribution in [3.05, 3.63) is 36.3 Å². The Morgan fingerprint density at radius 2 is 2.33 bits per heavy atom. The average Bonchev–Trinajstić information content (AvgIpc) is 2.17. The van der Waals surface area contributed by atoms with Crippen molar-refractivity contribution in [1.29, 1.82) is 0 Å². The van der Waals surface area contributed by atoms with E-state index in [4.69, 9.17) is 0 Å². The molecule has 0 aliphatic carbocycles. The molecule has 0 radical (unpaired) electrons. The molecule has 0 aromatic carbocycles. The van der Waals surface area contributed by atoms with Crippen LogP contribution < -0.4 is 0 Å². The molecule has 2 aromatic rings. The molecular weight excluding hydrogens is 148 g/mol. The van der Waals surface area contributed by atoms with Gasteiger partial charge in [0.15, 0.2) is 0 Å². The molecule has 2 aromatic heterocycles. The second kappa shape index (κ2) is 2.89. The van der Waals surface area contributed by atoms with E-state index in [1.54, 1.807) is 6.20 Å². The summed E-state index contributed by atoms with van der Waals surface area (Å²) in [5.74, 6) is 0. The van der Waals surface area contributed by atoms with E-state index in [0.29, 0.717) is 0 Å². The molecule has 0 atom stereocenters. The van der Waals surface area contributed by atoms with Crippen LogP contribution in [0, 0.1) is 0 Å². The molecule has 0 amide bonds. The number of nitrogens with zero attached hydrogens (tertiary/aromatic N) is 2. The van der Waals surface area contributed by atoms with Gasteiger partial charge in [-0.05, 0) is 18.6 Å². The van der Waals surface area contributed by atoms with E-state index in [2.05, 4.69) is 29.0 Å². The van der Waals surface area contributed by atoms with Crippen LogP contribution in [0.2, 0.25) is 0 Å². The van der Waals surface area contributed by atoms with Crippen LogP contribution in [0.25, 0.3) is 10.9 Å². The second-order valence-corrected chi connectivity index (χ2v) is 2.73. The Morgan fingerprint density at radius 3 is 3.17 bits per heavy atom. The molecule has 2 rings (SSSR count). The van der Waals surface area contributed by atoms with E-state index >= 15 is 0 Å². The van der Waals surface area contributed by atoms with Crippen LogP contribution in [0.5, 0.6) is 0 Å². The lowest BCUT2D eigenvalue weighted by molar-refractivity contribution is 1.04. The van der Waals surface area contributed by atoms with Crippen LogP contribution >= 0.6 is 0 Å². The summed E-state index contributed by atoms with van der Waals surface area (Å²) < 4.78 is 0. The number of rotatable bonds is 1. The number of hydrogen-bond donors (Lipinski definition) is 0. The van der Waals surface area contributed by atoms with Gasteiger partial charge >= 0.3 is 1.43 Å². The van der Waals surface area contributed by atoms with Crippen LogP contribution in [0.1, 0.15) is 14.0 Å². The van der Waals surface area contributed by atoms with Gasteiger partial charge in [-0.2, -0.15) is 0 Å². The molecule has 2 heteroatoms. The van der Waals surface area contributed by atoms with Crippen molar-refractivity contribution in [3.8, 4) is 0 Å². The summed E-state index contributed by atoms with van der Waals surface area (Å²) >= 11 is 0. The monoisotopic (exact) mass is 159 g/mol. The van der Waals surface area contributed by atoms with Gasteiger partial charge in [0.25, 0.3) is 0 Å². The van der Waals surface area contributed by atoms with Gasteiger partial charge in [0.05, 0.1) is 11.7 Å². The number of pyridine rings is 2. The maximum absolute atomic E-state index is 4.26. The number of aryl methyl sites for hydroxylation is 1. The topological polar surface area (TPSA) is 25.8 Å². The molecule has 0 aliphatic heterocycles. The first-order valence-electron chi connectivity index (χ1n) is 4.10. The molecule has 0 aliphatic rings. The Morgan fingerprint density at radius 1 is 1.42 bits per heavy atom. The lowest BCUT2D eigenvalue weighted by atomic mass is 10.2. The molecule has 0 spiro atoms. The van der Waals surface area contributed by atoms with Crippen molar-refractivity contribution in [2.75, 3.05) is 0 Å².